The van der Waals surface area contributed by atoms with E-state index in [4.69, 9.17) is 5.11 Å². The topological polar surface area (TPSA) is 95.5 Å². The summed E-state index contributed by atoms with van der Waals surface area (Å²) in [6, 6.07) is 9.65. The maximum atomic E-state index is 11.6. The largest absolute Gasteiger partial charge is 0.481 e. The fourth-order valence-electron chi connectivity index (χ4n) is 1.72. The minimum absolute atomic E-state index is 0.0683. The summed E-state index contributed by atoms with van der Waals surface area (Å²) >= 11 is 0. The molecule has 0 aliphatic rings. The van der Waals surface area contributed by atoms with Crippen molar-refractivity contribution in [2.24, 2.45) is 0 Å². The van der Waals surface area contributed by atoms with Crippen LogP contribution in [0.15, 0.2) is 30.3 Å². The molecule has 0 saturated heterocycles. The number of carboxylic acid groups (broad SMARTS) is 1. The van der Waals surface area contributed by atoms with Crippen molar-refractivity contribution >= 4 is 17.8 Å². The van der Waals surface area contributed by atoms with Gasteiger partial charge in [-0.15, -0.1) is 0 Å². The molecule has 0 radical (unpaired) electrons. The monoisotopic (exact) mass is 278 g/mol. The van der Waals surface area contributed by atoms with Crippen LogP contribution in [0.5, 0.6) is 0 Å². The van der Waals surface area contributed by atoms with Crippen molar-refractivity contribution in [3.8, 4) is 0 Å². The van der Waals surface area contributed by atoms with Crippen molar-refractivity contribution in [3.05, 3.63) is 35.9 Å². The second-order valence-corrected chi connectivity index (χ2v) is 4.51. The minimum atomic E-state index is -1.22. The Morgan fingerprint density at radius 3 is 2.40 bits per heavy atom. The molecule has 0 fully saturated rings. The highest BCUT2D eigenvalue weighted by molar-refractivity contribution is 5.95. The van der Waals surface area contributed by atoms with Gasteiger partial charge in [-0.2, -0.15) is 0 Å². The first kappa shape index (κ1) is 15.7. The highest BCUT2D eigenvalue weighted by Gasteiger charge is 2.11. The summed E-state index contributed by atoms with van der Waals surface area (Å²) in [4.78, 5) is 32.9. The van der Waals surface area contributed by atoms with Gasteiger partial charge in [-0.3, -0.25) is 14.4 Å². The summed E-state index contributed by atoms with van der Waals surface area (Å²) in [6.07, 6.45) is 0.0580. The van der Waals surface area contributed by atoms with Crippen LogP contribution >= 0.6 is 0 Å². The van der Waals surface area contributed by atoms with Gasteiger partial charge in [0.2, 0.25) is 11.8 Å². The minimum Gasteiger partial charge on any atom is -0.481 e. The smallest absolute Gasteiger partial charge is 0.312 e. The Bertz CT molecular complexity index is 473. The highest BCUT2D eigenvalue weighted by Crippen LogP contribution is 2.02. The zero-order chi connectivity index (χ0) is 15.0. The van der Waals surface area contributed by atoms with Gasteiger partial charge in [-0.25, -0.2) is 0 Å². The molecule has 0 aromatic heterocycles. The van der Waals surface area contributed by atoms with Gasteiger partial charge in [0.05, 0.1) is 6.54 Å². The highest BCUT2D eigenvalue weighted by atomic mass is 16.4. The number of carboxylic acids is 1. The molecule has 1 atom stereocenters. The lowest BCUT2D eigenvalue weighted by Crippen LogP contribution is -2.41. The number of hydrogen-bond donors (Lipinski definition) is 3. The zero-order valence-corrected chi connectivity index (χ0v) is 11.3. The van der Waals surface area contributed by atoms with E-state index in [1.807, 2.05) is 37.3 Å². The molecule has 0 bridgehead atoms. The molecule has 6 nitrogen and oxygen atoms in total. The molecule has 6 heteroatoms. The fraction of sp³-hybridized carbons (Fsp3) is 0.357. The van der Waals surface area contributed by atoms with Gasteiger partial charge >= 0.3 is 5.97 Å². The van der Waals surface area contributed by atoms with Crippen LogP contribution in [0.25, 0.3) is 0 Å². The Kier molecular flexibility index (Phi) is 6.22. The first-order valence-electron chi connectivity index (χ1n) is 6.29. The molecule has 1 rings (SSSR count). The third-order valence-electron chi connectivity index (χ3n) is 2.55. The van der Waals surface area contributed by atoms with Gasteiger partial charge in [0.1, 0.15) is 6.42 Å². The van der Waals surface area contributed by atoms with Gasteiger partial charge in [0.25, 0.3) is 0 Å². The molecule has 108 valence electrons. The Labute approximate surface area is 117 Å². The summed E-state index contributed by atoms with van der Waals surface area (Å²) in [5.41, 5.74) is 1.11. The summed E-state index contributed by atoms with van der Waals surface area (Å²) in [5.74, 6) is -2.24. The van der Waals surface area contributed by atoms with Crippen molar-refractivity contribution in [2.75, 3.05) is 6.54 Å². The first-order valence-corrected chi connectivity index (χ1v) is 6.29. The maximum Gasteiger partial charge on any atom is 0.312 e. The Hall–Kier alpha value is -2.37. The molecule has 20 heavy (non-hydrogen) atoms. The number of hydrogen-bond acceptors (Lipinski definition) is 3. The first-order chi connectivity index (χ1) is 9.47. The lowest BCUT2D eigenvalue weighted by molar-refractivity contribution is -0.141. The van der Waals surface area contributed by atoms with E-state index in [0.29, 0.717) is 6.42 Å². The summed E-state index contributed by atoms with van der Waals surface area (Å²) < 4.78 is 0. The molecule has 0 saturated carbocycles. The summed E-state index contributed by atoms with van der Waals surface area (Å²) in [6.45, 7) is 1.65. The van der Waals surface area contributed by atoms with Crippen molar-refractivity contribution in [1.29, 1.82) is 0 Å². The second kappa shape index (κ2) is 7.93. The van der Waals surface area contributed by atoms with Crippen LogP contribution in [0.4, 0.5) is 0 Å². The van der Waals surface area contributed by atoms with Crippen LogP contribution in [0.2, 0.25) is 0 Å². The number of rotatable bonds is 7. The molecule has 0 heterocycles. The molecule has 0 aliphatic carbocycles. The fourth-order valence-corrected chi connectivity index (χ4v) is 1.72. The van der Waals surface area contributed by atoms with Crippen molar-refractivity contribution in [3.63, 3.8) is 0 Å². The Balaban J connectivity index is 2.28. The number of benzene rings is 1. The third-order valence-corrected chi connectivity index (χ3v) is 2.55. The lowest BCUT2D eigenvalue weighted by Gasteiger charge is -2.14. The standard InChI is InChI=1S/C14H18N2O4/c1-10(7-11-5-3-2-4-6-11)16-13(18)9-15-12(17)8-14(19)20/h2-6,10H,7-9H2,1H3,(H,15,17)(H,16,18)(H,19,20)/t10-/m0/s1. The van der Waals surface area contributed by atoms with Gasteiger partial charge in [0, 0.05) is 6.04 Å². The second-order valence-electron chi connectivity index (χ2n) is 4.51. The van der Waals surface area contributed by atoms with Crippen LogP contribution in [-0.2, 0) is 20.8 Å². The molecular weight excluding hydrogens is 260 g/mol. The maximum absolute atomic E-state index is 11.6. The molecule has 1 aromatic carbocycles. The molecular formula is C14H18N2O4. The van der Waals surface area contributed by atoms with Crippen molar-refractivity contribution in [1.82, 2.24) is 10.6 Å². The number of amides is 2. The molecule has 2 amide bonds. The van der Waals surface area contributed by atoms with E-state index in [-0.39, 0.29) is 18.5 Å². The van der Waals surface area contributed by atoms with E-state index >= 15 is 0 Å². The van der Waals surface area contributed by atoms with Gasteiger partial charge in [-0.05, 0) is 18.9 Å². The summed E-state index contributed by atoms with van der Waals surface area (Å²) in [5, 5.41) is 13.4. The summed E-state index contributed by atoms with van der Waals surface area (Å²) in [7, 11) is 0. The quantitative estimate of drug-likeness (QED) is 0.626. The van der Waals surface area contributed by atoms with E-state index in [1.165, 1.54) is 0 Å². The van der Waals surface area contributed by atoms with Crippen LogP contribution in [0, 0.1) is 0 Å². The van der Waals surface area contributed by atoms with Gasteiger partial charge < -0.3 is 15.7 Å². The molecule has 0 unspecified atom stereocenters. The number of carbonyl (C=O) groups is 3. The number of nitrogens with one attached hydrogen (secondary N) is 2. The van der Waals surface area contributed by atoms with Crippen LogP contribution in [-0.4, -0.2) is 35.5 Å². The van der Waals surface area contributed by atoms with Crippen molar-refractivity contribution in [2.45, 2.75) is 25.8 Å². The zero-order valence-electron chi connectivity index (χ0n) is 11.3. The molecule has 3 N–H and O–H groups in total. The average Bonchev–Trinajstić information content (AvgIpc) is 2.36. The van der Waals surface area contributed by atoms with E-state index in [2.05, 4.69) is 10.6 Å². The van der Waals surface area contributed by atoms with E-state index in [0.717, 1.165) is 5.56 Å². The Morgan fingerprint density at radius 2 is 1.80 bits per heavy atom. The van der Waals surface area contributed by atoms with Crippen LogP contribution in [0.1, 0.15) is 18.9 Å². The predicted octanol–water partition coefficient (Wildman–Crippen LogP) is 0.325. The van der Waals surface area contributed by atoms with E-state index in [1.54, 1.807) is 0 Å². The van der Waals surface area contributed by atoms with Gasteiger partial charge in [-0.1, -0.05) is 30.3 Å². The molecule has 1 aromatic rings. The lowest BCUT2D eigenvalue weighted by atomic mass is 10.1. The van der Waals surface area contributed by atoms with Gasteiger partial charge in [0.15, 0.2) is 0 Å². The average molecular weight is 278 g/mol. The van der Waals surface area contributed by atoms with Crippen LogP contribution < -0.4 is 10.6 Å². The third kappa shape index (κ3) is 6.53. The van der Waals surface area contributed by atoms with Crippen LogP contribution in [0.3, 0.4) is 0 Å². The normalized spacial score (nSPS) is 11.4. The Morgan fingerprint density at radius 1 is 1.15 bits per heavy atom. The van der Waals surface area contributed by atoms with E-state index in [9.17, 15) is 14.4 Å². The van der Waals surface area contributed by atoms with E-state index < -0.39 is 18.3 Å². The number of carbonyl (C=O) groups excluding carboxylic acids is 2. The predicted molar refractivity (Wildman–Crippen MR) is 73.0 cm³/mol. The SMILES string of the molecule is C[C@@H](Cc1ccccc1)NC(=O)CNC(=O)CC(=O)O. The molecule has 0 aliphatic heterocycles. The number of aliphatic carboxylic acids is 1. The molecule has 0 spiro atoms. The van der Waals surface area contributed by atoms with Crippen molar-refractivity contribution < 1.29 is 19.5 Å².